The van der Waals surface area contributed by atoms with Gasteiger partial charge in [0.05, 0.1) is 0 Å². The third-order valence-electron chi connectivity index (χ3n) is 6.85. The van der Waals surface area contributed by atoms with Gasteiger partial charge in [-0.3, -0.25) is 0 Å². The van der Waals surface area contributed by atoms with Crippen molar-refractivity contribution in [1.82, 2.24) is 0 Å². The zero-order valence-electron chi connectivity index (χ0n) is 20.4. The van der Waals surface area contributed by atoms with Crippen molar-refractivity contribution in [3.8, 4) is 0 Å². The number of alkyl halides is 2. The van der Waals surface area contributed by atoms with Gasteiger partial charge in [-0.1, -0.05) is 85.1 Å². The zero-order valence-corrected chi connectivity index (χ0v) is 27.3. The van der Waals surface area contributed by atoms with E-state index in [9.17, 15) is 0 Å². The van der Waals surface area contributed by atoms with Crippen LogP contribution >= 0.6 is 62.9 Å². The predicted octanol–water partition coefficient (Wildman–Crippen LogP) is 10.1. The number of hydrogen-bond donors (Lipinski definition) is 2. The summed E-state index contributed by atoms with van der Waals surface area (Å²) in [6, 6.07) is 0. The first-order chi connectivity index (χ1) is 15.5. The van der Waals surface area contributed by atoms with Crippen molar-refractivity contribution in [3.05, 3.63) is 0 Å². The van der Waals surface area contributed by atoms with Crippen LogP contribution in [0.2, 0.25) is 0 Å². The SMILES string of the molecule is ClCC1CCCC1.ClCC1CCCC1.ClP(Cl)Cl.OCC1CCCC1.OCC1CCCC1.[Fe].[Fe]. The number of aliphatic hydroxyl groups excluding tert-OH is 2. The van der Waals surface area contributed by atoms with Crippen molar-refractivity contribution < 1.29 is 44.4 Å². The summed E-state index contributed by atoms with van der Waals surface area (Å²) in [7, 11) is 0. The quantitative estimate of drug-likeness (QED) is 0.176. The van der Waals surface area contributed by atoms with E-state index in [1.807, 2.05) is 0 Å². The maximum absolute atomic E-state index is 8.57. The summed E-state index contributed by atoms with van der Waals surface area (Å²) >= 11 is 25.8. The van der Waals surface area contributed by atoms with E-state index in [4.69, 9.17) is 67.1 Å². The van der Waals surface area contributed by atoms with Gasteiger partial charge in [0.25, 0.3) is 0 Å². The van der Waals surface area contributed by atoms with Crippen LogP contribution in [0.25, 0.3) is 0 Å². The molecule has 0 aromatic rings. The Morgan fingerprint density at radius 2 is 0.647 bits per heavy atom. The van der Waals surface area contributed by atoms with Crippen molar-refractivity contribution in [3.63, 3.8) is 0 Å². The van der Waals surface area contributed by atoms with Gasteiger partial charge in [0.1, 0.15) is 0 Å². The molecule has 0 aromatic carbocycles. The van der Waals surface area contributed by atoms with Gasteiger partial charge in [0, 0.05) is 59.1 Å². The second kappa shape index (κ2) is 30.4. The van der Waals surface area contributed by atoms with Crippen LogP contribution in [0, 0.1) is 23.7 Å². The molecular formula is C24H46Cl5Fe2O2P. The van der Waals surface area contributed by atoms with E-state index in [0.29, 0.717) is 25.0 Å². The van der Waals surface area contributed by atoms with Crippen LogP contribution in [0.1, 0.15) is 103 Å². The predicted molar refractivity (Wildman–Crippen MR) is 148 cm³/mol. The topological polar surface area (TPSA) is 40.5 Å². The second-order valence-electron chi connectivity index (χ2n) is 9.47. The molecule has 0 atom stereocenters. The second-order valence-corrected chi connectivity index (χ2v) is 15.1. The fourth-order valence-electron chi connectivity index (χ4n) is 4.72. The molecule has 0 bridgehead atoms. The molecule has 0 aromatic heterocycles. The first kappa shape index (κ1) is 41.3. The van der Waals surface area contributed by atoms with Gasteiger partial charge in [-0.25, -0.2) is 0 Å². The Kier molecular flexibility index (Phi) is 36.9. The molecule has 0 heterocycles. The fourth-order valence-corrected chi connectivity index (χ4v) is 5.33. The zero-order chi connectivity index (χ0) is 24.0. The maximum Gasteiger partial charge on any atom is 0.179 e. The van der Waals surface area contributed by atoms with Crippen LogP contribution < -0.4 is 0 Å². The van der Waals surface area contributed by atoms with Crippen LogP contribution in [-0.2, 0) is 34.1 Å². The molecule has 4 rings (SSSR count). The number of rotatable bonds is 4. The number of halogens is 5. The largest absolute Gasteiger partial charge is 0.396 e. The molecule has 2 nitrogen and oxygen atoms in total. The van der Waals surface area contributed by atoms with Crippen LogP contribution in [0.5, 0.6) is 0 Å². The van der Waals surface area contributed by atoms with E-state index < -0.39 is 5.98 Å². The van der Waals surface area contributed by atoms with Gasteiger partial charge < -0.3 is 10.2 Å². The monoisotopic (exact) mass is 684 g/mol. The molecule has 0 spiro atoms. The molecule has 2 N–H and O–H groups in total. The molecule has 0 amide bonds. The minimum atomic E-state index is -1.20. The van der Waals surface area contributed by atoms with Crippen LogP contribution in [-0.4, -0.2) is 35.2 Å². The van der Waals surface area contributed by atoms with Gasteiger partial charge in [0.2, 0.25) is 0 Å². The number of aliphatic hydroxyl groups is 2. The summed E-state index contributed by atoms with van der Waals surface area (Å²) in [5.41, 5.74) is 0. The summed E-state index contributed by atoms with van der Waals surface area (Å²) in [6.45, 7) is 0.833. The summed E-state index contributed by atoms with van der Waals surface area (Å²) in [4.78, 5) is 0. The Labute approximate surface area is 256 Å². The summed E-state index contributed by atoms with van der Waals surface area (Å²) in [5, 5.41) is 17.1. The minimum absolute atomic E-state index is 0. The summed E-state index contributed by atoms with van der Waals surface area (Å²) < 4.78 is 0. The van der Waals surface area contributed by atoms with Gasteiger partial charge in [-0.15, -0.1) is 23.2 Å². The van der Waals surface area contributed by atoms with Crippen LogP contribution in [0.3, 0.4) is 0 Å². The molecule has 4 saturated carbocycles. The molecule has 0 saturated heterocycles. The van der Waals surface area contributed by atoms with Crippen molar-refractivity contribution in [2.75, 3.05) is 25.0 Å². The standard InChI is InChI=1S/2C6H11Cl.2C6H12O.Cl3P.2Fe/c4*7-5-6-3-1-2-4-6;1-4(2)3;;/h2*6H,1-5H2;2*6-7H,1-5H2;;;. The van der Waals surface area contributed by atoms with Gasteiger partial charge >= 0.3 is 0 Å². The van der Waals surface area contributed by atoms with Gasteiger partial charge in [-0.05, 0) is 75.0 Å². The van der Waals surface area contributed by atoms with E-state index in [-0.39, 0.29) is 34.1 Å². The minimum Gasteiger partial charge on any atom is -0.396 e. The normalized spacial score (nSPS) is 20.5. The van der Waals surface area contributed by atoms with Crippen LogP contribution in [0.4, 0.5) is 0 Å². The van der Waals surface area contributed by atoms with E-state index >= 15 is 0 Å². The maximum atomic E-state index is 8.57. The first-order valence-corrected chi connectivity index (χ1v) is 17.7. The first-order valence-electron chi connectivity index (χ1n) is 12.6. The van der Waals surface area contributed by atoms with E-state index in [1.54, 1.807) is 0 Å². The van der Waals surface area contributed by atoms with Crippen molar-refractivity contribution in [1.29, 1.82) is 0 Å². The smallest absolute Gasteiger partial charge is 0.179 e. The average Bonchev–Trinajstić information content (AvgIpc) is 3.63. The number of hydrogen-bond acceptors (Lipinski definition) is 2. The molecule has 0 aliphatic heterocycles. The molecule has 0 radical (unpaired) electrons. The molecule has 210 valence electrons. The summed E-state index contributed by atoms with van der Waals surface area (Å²) in [6.07, 6.45) is 21.6. The fraction of sp³-hybridized carbons (Fsp3) is 1.00. The summed E-state index contributed by atoms with van der Waals surface area (Å²) in [5.74, 6) is 3.60. The Morgan fingerprint density at radius 3 is 0.735 bits per heavy atom. The van der Waals surface area contributed by atoms with Gasteiger partial charge in [0.15, 0.2) is 5.98 Å². The van der Waals surface area contributed by atoms with Crippen molar-refractivity contribution in [2.45, 2.75) is 103 Å². The third-order valence-corrected chi connectivity index (χ3v) is 7.72. The molecule has 10 heteroatoms. The molecule has 4 aliphatic rings. The van der Waals surface area contributed by atoms with E-state index in [1.165, 1.54) is 103 Å². The Bertz CT molecular complexity index is 314. The molecular weight excluding hydrogens is 640 g/mol. The Morgan fingerprint density at radius 1 is 0.471 bits per heavy atom. The molecule has 0 unspecified atom stereocenters. The Hall–Kier alpha value is 2.84. The molecule has 4 aliphatic carbocycles. The molecule has 34 heavy (non-hydrogen) atoms. The average molecular weight is 687 g/mol. The van der Waals surface area contributed by atoms with E-state index in [2.05, 4.69) is 0 Å². The Balaban J connectivity index is -0.000000352. The molecule has 4 fully saturated rings. The van der Waals surface area contributed by atoms with Crippen molar-refractivity contribution in [2.24, 2.45) is 23.7 Å². The third kappa shape index (κ3) is 26.4. The van der Waals surface area contributed by atoms with Gasteiger partial charge in [-0.2, -0.15) is 0 Å². The van der Waals surface area contributed by atoms with Crippen molar-refractivity contribution >= 4 is 62.9 Å². The van der Waals surface area contributed by atoms with Crippen LogP contribution in [0.15, 0.2) is 0 Å². The van der Waals surface area contributed by atoms with E-state index in [0.717, 1.165) is 23.6 Å².